The van der Waals surface area contributed by atoms with Gasteiger partial charge in [-0.25, -0.2) is 0 Å². The van der Waals surface area contributed by atoms with Crippen molar-refractivity contribution in [2.24, 2.45) is 0 Å². The number of nitrogens with zero attached hydrogens (tertiary/aromatic N) is 1. The summed E-state index contributed by atoms with van der Waals surface area (Å²) in [6.45, 7) is 4.72. The summed E-state index contributed by atoms with van der Waals surface area (Å²) in [6.07, 6.45) is 0. The third-order valence-electron chi connectivity index (χ3n) is 13.9. The fourth-order valence-electron chi connectivity index (χ4n) is 10.9. The summed E-state index contributed by atoms with van der Waals surface area (Å²) in [5.74, 6) is 0. The van der Waals surface area contributed by atoms with Crippen molar-refractivity contribution in [2.75, 3.05) is 4.90 Å². The van der Waals surface area contributed by atoms with E-state index in [9.17, 15) is 0 Å². The van der Waals surface area contributed by atoms with Gasteiger partial charge in [-0.05, 0) is 137 Å². The van der Waals surface area contributed by atoms with E-state index in [0.29, 0.717) is 0 Å². The number of hydrogen-bond donors (Lipinski definition) is 0. The predicted molar refractivity (Wildman–Crippen MR) is 267 cm³/mol. The molecule has 0 amide bonds. The number of fused-ring (bicyclic) bond motifs is 14. The van der Waals surface area contributed by atoms with Gasteiger partial charge in [0.2, 0.25) is 0 Å². The molecule has 12 aromatic rings. The van der Waals surface area contributed by atoms with E-state index in [-0.39, 0.29) is 5.41 Å². The van der Waals surface area contributed by atoms with Gasteiger partial charge < -0.3 is 9.32 Å². The Morgan fingerprint density at radius 3 is 1.63 bits per heavy atom. The van der Waals surface area contributed by atoms with Crippen LogP contribution in [0.4, 0.5) is 17.1 Å². The minimum absolute atomic E-state index is 0.118. The average Bonchev–Trinajstić information content (AvgIpc) is 3.83. The molecule has 1 aliphatic carbocycles. The van der Waals surface area contributed by atoms with Gasteiger partial charge in [-0.1, -0.05) is 172 Å². The molecule has 0 saturated carbocycles. The predicted octanol–water partition coefficient (Wildman–Crippen LogP) is 17.3. The zero-order valence-corrected chi connectivity index (χ0v) is 35.1. The van der Waals surface area contributed by atoms with Gasteiger partial charge in [0.25, 0.3) is 0 Å². The van der Waals surface area contributed by atoms with Gasteiger partial charge in [-0.3, -0.25) is 0 Å². The van der Waals surface area contributed by atoms with Crippen LogP contribution in [0.3, 0.4) is 0 Å². The fourth-order valence-corrected chi connectivity index (χ4v) is 10.9. The highest BCUT2D eigenvalue weighted by molar-refractivity contribution is 6.36. The Labute approximate surface area is 365 Å². The topological polar surface area (TPSA) is 16.4 Å². The quantitative estimate of drug-likeness (QED) is 0.161. The Bertz CT molecular complexity index is 3780. The molecule has 0 unspecified atom stereocenters. The lowest BCUT2D eigenvalue weighted by Gasteiger charge is -2.28. The molecular formula is C61H41NO. The first-order valence-electron chi connectivity index (χ1n) is 21.9. The van der Waals surface area contributed by atoms with Gasteiger partial charge in [-0.2, -0.15) is 0 Å². The molecule has 1 aromatic heterocycles. The molecule has 0 bridgehead atoms. The monoisotopic (exact) mass is 803 g/mol. The minimum atomic E-state index is -0.118. The SMILES string of the molecule is CC1(C)c2ccccc2-c2ccc(N(c3ccc(-c4cccc5ccccc45)cc3)c3ccc(-c4cccc5c6ccc7oc8ccccc8c7c6c6ccccc6c45)cc3)cc21. The number of rotatable bonds is 5. The van der Waals surface area contributed by atoms with Crippen LogP contribution in [0.15, 0.2) is 217 Å². The molecule has 0 spiro atoms. The van der Waals surface area contributed by atoms with Gasteiger partial charge in [0, 0.05) is 38.6 Å². The van der Waals surface area contributed by atoms with Crippen molar-refractivity contribution in [1.29, 1.82) is 0 Å². The van der Waals surface area contributed by atoms with Crippen molar-refractivity contribution >= 4 is 82.1 Å². The number of anilines is 3. The van der Waals surface area contributed by atoms with Crippen molar-refractivity contribution in [2.45, 2.75) is 19.3 Å². The maximum atomic E-state index is 6.39. The van der Waals surface area contributed by atoms with Crippen molar-refractivity contribution in [3.63, 3.8) is 0 Å². The van der Waals surface area contributed by atoms with Crippen LogP contribution in [-0.4, -0.2) is 0 Å². The molecule has 63 heavy (non-hydrogen) atoms. The van der Waals surface area contributed by atoms with Crippen LogP contribution in [-0.2, 0) is 5.41 Å². The minimum Gasteiger partial charge on any atom is -0.456 e. The van der Waals surface area contributed by atoms with Gasteiger partial charge >= 0.3 is 0 Å². The smallest absolute Gasteiger partial charge is 0.136 e. The van der Waals surface area contributed by atoms with Crippen molar-refractivity contribution in [3.05, 3.63) is 223 Å². The van der Waals surface area contributed by atoms with Crippen LogP contribution in [0.1, 0.15) is 25.0 Å². The molecule has 0 N–H and O–H groups in total. The molecule has 11 aromatic carbocycles. The van der Waals surface area contributed by atoms with Gasteiger partial charge in [-0.15, -0.1) is 0 Å². The highest BCUT2D eigenvalue weighted by Crippen LogP contribution is 2.51. The third-order valence-corrected chi connectivity index (χ3v) is 13.9. The van der Waals surface area contributed by atoms with E-state index in [1.165, 1.54) is 93.0 Å². The van der Waals surface area contributed by atoms with Crippen molar-refractivity contribution in [1.82, 2.24) is 0 Å². The normalized spacial score (nSPS) is 13.0. The van der Waals surface area contributed by atoms with E-state index in [2.05, 4.69) is 225 Å². The lowest BCUT2D eigenvalue weighted by molar-refractivity contribution is 0.660. The van der Waals surface area contributed by atoms with Gasteiger partial charge in [0.15, 0.2) is 0 Å². The second-order valence-corrected chi connectivity index (χ2v) is 17.6. The highest BCUT2D eigenvalue weighted by Gasteiger charge is 2.35. The molecule has 0 atom stereocenters. The summed E-state index contributed by atoms with van der Waals surface area (Å²) in [7, 11) is 0. The number of furan rings is 1. The summed E-state index contributed by atoms with van der Waals surface area (Å²) in [6, 6.07) is 77.9. The Balaban J connectivity index is 0.970. The Hall–Kier alpha value is -7.94. The first kappa shape index (κ1) is 35.8. The summed E-state index contributed by atoms with van der Waals surface area (Å²) >= 11 is 0. The molecule has 1 aliphatic rings. The standard InChI is InChI=1S/C61H41NO/c1-61(2)54-23-9-7-16-47(54)48-34-33-43(37-55(48)61)62(41-29-25-39(26-30-41)45-20-11-14-38-13-3-4-15-44(38)45)42-31-27-40(28-32-42)46-21-12-22-50-52-35-36-57-60(53-19-8-10-24-56(53)63-57)59(52)51-18-6-5-17-49(51)58(46)50/h3-37H,1-2H3. The second kappa shape index (κ2) is 13.5. The summed E-state index contributed by atoms with van der Waals surface area (Å²) in [5, 5.41) is 12.3. The van der Waals surface area contributed by atoms with E-state index in [1.807, 2.05) is 6.07 Å². The fraction of sp³-hybridized carbons (Fsp3) is 0.0492. The molecule has 0 fully saturated rings. The van der Waals surface area contributed by atoms with E-state index < -0.39 is 0 Å². The van der Waals surface area contributed by atoms with Crippen LogP contribution in [0, 0.1) is 0 Å². The zero-order valence-electron chi connectivity index (χ0n) is 35.1. The Morgan fingerprint density at radius 2 is 0.857 bits per heavy atom. The maximum absolute atomic E-state index is 6.39. The Kier molecular flexibility index (Phi) is 7.68. The largest absolute Gasteiger partial charge is 0.456 e. The number of benzene rings is 11. The molecule has 0 aliphatic heterocycles. The first-order valence-corrected chi connectivity index (χ1v) is 21.9. The second-order valence-electron chi connectivity index (χ2n) is 17.6. The van der Waals surface area contributed by atoms with Crippen LogP contribution in [0.2, 0.25) is 0 Å². The zero-order chi connectivity index (χ0) is 41.8. The highest BCUT2D eigenvalue weighted by atomic mass is 16.3. The van der Waals surface area contributed by atoms with Gasteiger partial charge in [0.1, 0.15) is 11.2 Å². The molecule has 13 rings (SSSR count). The summed E-state index contributed by atoms with van der Waals surface area (Å²) < 4.78 is 6.39. The van der Waals surface area contributed by atoms with E-state index in [0.717, 1.165) is 33.6 Å². The molecule has 2 nitrogen and oxygen atoms in total. The number of para-hydroxylation sites is 1. The molecule has 296 valence electrons. The summed E-state index contributed by atoms with van der Waals surface area (Å²) in [5.41, 5.74) is 15.3. The van der Waals surface area contributed by atoms with Crippen LogP contribution in [0.5, 0.6) is 0 Å². The third kappa shape index (κ3) is 5.31. The van der Waals surface area contributed by atoms with E-state index >= 15 is 0 Å². The maximum Gasteiger partial charge on any atom is 0.136 e. The lowest BCUT2D eigenvalue weighted by Crippen LogP contribution is -2.16. The molecule has 2 heteroatoms. The molecular weight excluding hydrogens is 763 g/mol. The van der Waals surface area contributed by atoms with E-state index in [4.69, 9.17) is 4.42 Å². The van der Waals surface area contributed by atoms with Crippen molar-refractivity contribution in [3.8, 4) is 33.4 Å². The molecule has 0 saturated heterocycles. The molecule has 1 heterocycles. The van der Waals surface area contributed by atoms with E-state index in [1.54, 1.807) is 0 Å². The summed E-state index contributed by atoms with van der Waals surface area (Å²) in [4.78, 5) is 2.42. The Morgan fingerprint density at radius 1 is 0.333 bits per heavy atom. The van der Waals surface area contributed by atoms with Crippen LogP contribution in [0.25, 0.3) is 98.4 Å². The van der Waals surface area contributed by atoms with Crippen LogP contribution < -0.4 is 4.90 Å². The lowest BCUT2D eigenvalue weighted by atomic mass is 9.82. The first-order chi connectivity index (χ1) is 31.0. The van der Waals surface area contributed by atoms with Gasteiger partial charge in [0.05, 0.1) is 0 Å². The average molecular weight is 804 g/mol. The number of hydrogen-bond acceptors (Lipinski definition) is 2. The molecule has 0 radical (unpaired) electrons. The van der Waals surface area contributed by atoms with Crippen molar-refractivity contribution < 1.29 is 4.42 Å². The van der Waals surface area contributed by atoms with Crippen LogP contribution >= 0.6 is 0 Å².